The summed E-state index contributed by atoms with van der Waals surface area (Å²) in [5.41, 5.74) is 1.03. The minimum atomic E-state index is -3.74. The molecule has 7 nitrogen and oxygen atoms in total. The number of halogens is 2. The second-order valence-electron chi connectivity index (χ2n) is 5.78. The lowest BCUT2D eigenvalue weighted by molar-refractivity contribution is -0.118. The summed E-state index contributed by atoms with van der Waals surface area (Å²) in [6, 6.07) is 7.93. The minimum Gasteiger partial charge on any atom is -0.482 e. The van der Waals surface area contributed by atoms with E-state index in [9.17, 15) is 17.6 Å². The van der Waals surface area contributed by atoms with E-state index in [1.807, 2.05) is 0 Å². The molecule has 0 aromatic heterocycles. The largest absolute Gasteiger partial charge is 0.482 e. The maximum absolute atomic E-state index is 13.3. The quantitative estimate of drug-likeness (QED) is 0.596. The van der Waals surface area contributed by atoms with Crippen molar-refractivity contribution in [2.75, 3.05) is 32.2 Å². The summed E-state index contributed by atoms with van der Waals surface area (Å²) >= 11 is 6.06. The molecule has 152 valence electrons. The van der Waals surface area contributed by atoms with Crippen molar-refractivity contribution in [2.24, 2.45) is 0 Å². The van der Waals surface area contributed by atoms with Gasteiger partial charge in [0.15, 0.2) is 6.61 Å². The van der Waals surface area contributed by atoms with Crippen LogP contribution in [0, 0.1) is 12.7 Å². The molecule has 0 saturated heterocycles. The first-order valence-electron chi connectivity index (χ1n) is 8.20. The molecule has 0 aliphatic heterocycles. The highest BCUT2D eigenvalue weighted by atomic mass is 35.5. The van der Waals surface area contributed by atoms with Crippen LogP contribution in [-0.2, 0) is 19.6 Å². The molecular formula is C18H20ClFN2O5S. The number of sulfonamides is 1. The van der Waals surface area contributed by atoms with Gasteiger partial charge in [0.2, 0.25) is 10.0 Å². The van der Waals surface area contributed by atoms with Gasteiger partial charge in [0.1, 0.15) is 11.6 Å². The van der Waals surface area contributed by atoms with Crippen molar-refractivity contribution in [3.05, 3.63) is 52.8 Å². The van der Waals surface area contributed by atoms with Crippen LogP contribution in [0.3, 0.4) is 0 Å². The van der Waals surface area contributed by atoms with E-state index in [4.69, 9.17) is 21.1 Å². The summed E-state index contributed by atoms with van der Waals surface area (Å²) in [4.78, 5) is 12.0. The number of ether oxygens (including phenoxy) is 2. The summed E-state index contributed by atoms with van der Waals surface area (Å²) in [7, 11) is -2.28. The fraction of sp³-hybridized carbons (Fsp3) is 0.278. The molecule has 0 aliphatic carbocycles. The van der Waals surface area contributed by atoms with Crippen molar-refractivity contribution in [3.63, 3.8) is 0 Å². The molecule has 28 heavy (non-hydrogen) atoms. The Labute approximate surface area is 167 Å². The standard InChI is InChI=1S/C18H20ClFN2O5S/c1-12-3-4-13(20)9-16(12)22-18(23)11-27-17-6-5-14(10-15(17)19)28(24,25)21-7-8-26-2/h3-6,9-10,21H,7-8,11H2,1-2H3,(H,22,23). The maximum atomic E-state index is 13.3. The molecule has 2 aromatic rings. The Kier molecular flexibility index (Phi) is 7.76. The zero-order valence-electron chi connectivity index (χ0n) is 15.3. The van der Waals surface area contributed by atoms with Crippen LogP contribution in [0.2, 0.25) is 5.02 Å². The van der Waals surface area contributed by atoms with Crippen LogP contribution in [0.5, 0.6) is 5.75 Å². The number of hydrogen-bond donors (Lipinski definition) is 2. The van der Waals surface area contributed by atoms with Crippen LogP contribution in [0.25, 0.3) is 0 Å². The van der Waals surface area contributed by atoms with Crippen molar-refractivity contribution in [1.29, 1.82) is 0 Å². The van der Waals surface area contributed by atoms with E-state index in [1.165, 1.54) is 37.4 Å². The number of aryl methyl sites for hydroxylation is 1. The molecule has 10 heteroatoms. The molecule has 0 spiro atoms. The smallest absolute Gasteiger partial charge is 0.262 e. The van der Waals surface area contributed by atoms with Crippen molar-refractivity contribution in [3.8, 4) is 5.75 Å². The van der Waals surface area contributed by atoms with Gasteiger partial charge >= 0.3 is 0 Å². The topological polar surface area (TPSA) is 93.7 Å². The van der Waals surface area contributed by atoms with Gasteiger partial charge in [-0.1, -0.05) is 17.7 Å². The first-order chi connectivity index (χ1) is 13.2. The Hall–Kier alpha value is -2.20. The third kappa shape index (κ3) is 6.16. The van der Waals surface area contributed by atoms with E-state index in [-0.39, 0.29) is 35.4 Å². The predicted octanol–water partition coefficient (Wildman–Crippen LogP) is 2.73. The van der Waals surface area contributed by atoms with E-state index in [1.54, 1.807) is 13.0 Å². The number of carbonyl (C=O) groups is 1. The monoisotopic (exact) mass is 430 g/mol. The highest BCUT2D eigenvalue weighted by Crippen LogP contribution is 2.27. The Bertz CT molecular complexity index is 953. The van der Waals surface area contributed by atoms with E-state index in [0.717, 1.165) is 0 Å². The number of hydrogen-bond acceptors (Lipinski definition) is 5. The van der Waals surface area contributed by atoms with E-state index in [2.05, 4.69) is 10.0 Å². The molecule has 0 saturated carbocycles. The van der Waals surface area contributed by atoms with Gasteiger partial charge in [-0.2, -0.15) is 0 Å². The fourth-order valence-corrected chi connectivity index (χ4v) is 3.52. The van der Waals surface area contributed by atoms with Crippen molar-refractivity contribution in [2.45, 2.75) is 11.8 Å². The van der Waals surface area contributed by atoms with Crippen LogP contribution < -0.4 is 14.8 Å². The van der Waals surface area contributed by atoms with Crippen molar-refractivity contribution >= 4 is 33.2 Å². The summed E-state index contributed by atoms with van der Waals surface area (Å²) in [5.74, 6) is -0.841. The van der Waals surface area contributed by atoms with Gasteiger partial charge in [0.05, 0.1) is 16.5 Å². The Morgan fingerprint density at radius 1 is 1.21 bits per heavy atom. The lowest BCUT2D eigenvalue weighted by atomic mass is 10.2. The average Bonchev–Trinajstić information content (AvgIpc) is 2.63. The van der Waals surface area contributed by atoms with Gasteiger partial charge in [0.25, 0.3) is 5.91 Å². The van der Waals surface area contributed by atoms with Gasteiger partial charge < -0.3 is 14.8 Å². The molecule has 1 amide bonds. The number of carbonyl (C=O) groups excluding carboxylic acids is 1. The first-order valence-corrected chi connectivity index (χ1v) is 10.1. The fourth-order valence-electron chi connectivity index (χ4n) is 2.19. The molecule has 2 rings (SSSR count). The summed E-state index contributed by atoms with van der Waals surface area (Å²) in [6.07, 6.45) is 0. The lowest BCUT2D eigenvalue weighted by Gasteiger charge is -2.12. The van der Waals surface area contributed by atoms with Crippen molar-refractivity contribution < 1.29 is 27.1 Å². The third-order valence-corrected chi connectivity index (χ3v) is 5.40. The SMILES string of the molecule is COCCNS(=O)(=O)c1ccc(OCC(=O)Nc2cc(F)ccc2C)c(Cl)c1. The zero-order chi connectivity index (χ0) is 20.7. The minimum absolute atomic E-state index is 0.0318. The predicted molar refractivity (Wildman–Crippen MR) is 104 cm³/mol. The number of rotatable bonds is 9. The van der Waals surface area contributed by atoms with Crippen LogP contribution in [0.1, 0.15) is 5.56 Å². The van der Waals surface area contributed by atoms with Crippen molar-refractivity contribution in [1.82, 2.24) is 4.72 Å². The van der Waals surface area contributed by atoms with Crippen LogP contribution >= 0.6 is 11.6 Å². The van der Waals surface area contributed by atoms with Gasteiger partial charge in [0, 0.05) is 19.3 Å². The number of nitrogens with one attached hydrogen (secondary N) is 2. The Morgan fingerprint density at radius 3 is 2.64 bits per heavy atom. The van der Waals surface area contributed by atoms with Crippen LogP contribution in [-0.4, -0.2) is 41.2 Å². The van der Waals surface area contributed by atoms with E-state index < -0.39 is 21.7 Å². The molecule has 0 bridgehead atoms. The zero-order valence-corrected chi connectivity index (χ0v) is 16.9. The second-order valence-corrected chi connectivity index (χ2v) is 7.95. The second kappa shape index (κ2) is 9.83. The number of methoxy groups -OCH3 is 1. The summed E-state index contributed by atoms with van der Waals surface area (Å²) in [6.45, 7) is 1.70. The Morgan fingerprint density at radius 2 is 1.96 bits per heavy atom. The average molecular weight is 431 g/mol. The highest BCUT2D eigenvalue weighted by molar-refractivity contribution is 7.89. The van der Waals surface area contributed by atoms with Crippen LogP contribution in [0.4, 0.5) is 10.1 Å². The lowest BCUT2D eigenvalue weighted by Crippen LogP contribution is -2.27. The summed E-state index contributed by atoms with van der Waals surface area (Å²) in [5, 5.41) is 2.57. The molecule has 2 N–H and O–H groups in total. The number of anilines is 1. The molecular weight excluding hydrogens is 411 g/mol. The van der Waals surface area contributed by atoms with Gasteiger partial charge in [-0.05, 0) is 42.8 Å². The molecule has 0 radical (unpaired) electrons. The highest BCUT2D eigenvalue weighted by Gasteiger charge is 2.16. The number of benzene rings is 2. The van der Waals surface area contributed by atoms with E-state index >= 15 is 0 Å². The Balaban J connectivity index is 1.99. The first kappa shape index (κ1) is 22.1. The molecule has 0 heterocycles. The third-order valence-electron chi connectivity index (χ3n) is 3.64. The van der Waals surface area contributed by atoms with Gasteiger partial charge in [-0.25, -0.2) is 17.5 Å². The van der Waals surface area contributed by atoms with Gasteiger partial charge in [-0.3, -0.25) is 4.79 Å². The number of amides is 1. The molecule has 0 fully saturated rings. The summed E-state index contributed by atoms with van der Waals surface area (Å²) < 4.78 is 50.0. The molecule has 0 aliphatic rings. The molecule has 0 unspecified atom stereocenters. The van der Waals surface area contributed by atoms with E-state index in [0.29, 0.717) is 11.3 Å². The van der Waals surface area contributed by atoms with Crippen LogP contribution in [0.15, 0.2) is 41.3 Å². The molecule has 0 atom stereocenters. The van der Waals surface area contributed by atoms with Gasteiger partial charge in [-0.15, -0.1) is 0 Å². The molecule has 2 aromatic carbocycles. The maximum Gasteiger partial charge on any atom is 0.262 e. The normalized spacial score (nSPS) is 11.3.